The molecule has 0 N–H and O–H groups in total. The average Bonchev–Trinajstić information content (AvgIpc) is 2.51. The van der Waals surface area contributed by atoms with Gasteiger partial charge >= 0.3 is 0 Å². The lowest BCUT2D eigenvalue weighted by molar-refractivity contribution is 0.112. The van der Waals surface area contributed by atoms with Gasteiger partial charge in [-0.3, -0.25) is 4.79 Å². The van der Waals surface area contributed by atoms with Gasteiger partial charge in [-0.1, -0.05) is 42.5 Å². The molecule has 0 spiro atoms. The van der Waals surface area contributed by atoms with E-state index in [9.17, 15) is 4.79 Å². The third-order valence-corrected chi connectivity index (χ3v) is 3.99. The van der Waals surface area contributed by atoms with E-state index >= 15 is 0 Å². The summed E-state index contributed by atoms with van der Waals surface area (Å²) in [6.45, 7) is 0. The van der Waals surface area contributed by atoms with E-state index in [4.69, 9.17) is 4.74 Å². The van der Waals surface area contributed by atoms with Crippen molar-refractivity contribution in [1.29, 1.82) is 0 Å². The third-order valence-electron chi connectivity index (χ3n) is 3.99. The molecule has 96 valence electrons. The van der Waals surface area contributed by atoms with Crippen molar-refractivity contribution in [3.8, 4) is 5.75 Å². The Hall–Kier alpha value is -2.61. The van der Waals surface area contributed by atoms with Gasteiger partial charge in [-0.15, -0.1) is 0 Å². The molecule has 2 nitrogen and oxygen atoms in total. The first kappa shape index (κ1) is 11.2. The van der Waals surface area contributed by atoms with Crippen LogP contribution in [0.15, 0.2) is 48.5 Å². The number of rotatable bonds is 2. The average molecular weight is 260 g/mol. The second kappa shape index (κ2) is 3.94. The topological polar surface area (TPSA) is 26.3 Å². The van der Waals surface area contributed by atoms with Crippen molar-refractivity contribution < 1.29 is 9.53 Å². The summed E-state index contributed by atoms with van der Waals surface area (Å²) in [5.74, 6) is 0.630. The molecule has 4 aromatic rings. The maximum atomic E-state index is 11.5. The minimum atomic E-state index is 0.623. The van der Waals surface area contributed by atoms with Crippen LogP contribution in [0.5, 0.6) is 5.75 Å². The maximum Gasteiger partial charge on any atom is 0.154 e. The Kier molecular flexibility index (Phi) is 2.21. The number of methoxy groups -OCH3 is 1. The normalized spacial score (nSPS) is 11.4. The van der Waals surface area contributed by atoms with Crippen molar-refractivity contribution in [2.24, 2.45) is 0 Å². The van der Waals surface area contributed by atoms with Gasteiger partial charge in [0.25, 0.3) is 0 Å². The summed E-state index contributed by atoms with van der Waals surface area (Å²) in [5, 5.41) is 6.81. The molecular formula is C18H12O2. The fourth-order valence-electron chi connectivity index (χ4n) is 3.10. The van der Waals surface area contributed by atoms with E-state index in [2.05, 4.69) is 36.4 Å². The molecule has 0 atom stereocenters. The lowest BCUT2D eigenvalue weighted by atomic mass is 9.92. The first-order chi connectivity index (χ1) is 9.83. The van der Waals surface area contributed by atoms with Gasteiger partial charge in [0.2, 0.25) is 0 Å². The van der Waals surface area contributed by atoms with Crippen molar-refractivity contribution in [1.82, 2.24) is 0 Å². The van der Waals surface area contributed by atoms with Crippen LogP contribution in [-0.4, -0.2) is 13.4 Å². The van der Waals surface area contributed by atoms with Crippen molar-refractivity contribution in [3.05, 3.63) is 54.1 Å². The van der Waals surface area contributed by atoms with E-state index in [0.717, 1.165) is 22.4 Å². The minimum absolute atomic E-state index is 0.623. The summed E-state index contributed by atoms with van der Waals surface area (Å²) >= 11 is 0. The second-order valence-electron chi connectivity index (χ2n) is 4.97. The van der Waals surface area contributed by atoms with E-state index in [-0.39, 0.29) is 0 Å². The zero-order valence-electron chi connectivity index (χ0n) is 11.0. The van der Waals surface area contributed by atoms with Gasteiger partial charge in [-0.25, -0.2) is 0 Å². The highest BCUT2D eigenvalue weighted by Gasteiger charge is 2.14. The Morgan fingerprint density at radius 2 is 1.60 bits per heavy atom. The molecule has 0 aromatic heterocycles. The van der Waals surface area contributed by atoms with E-state index in [1.807, 2.05) is 12.1 Å². The predicted octanol–water partition coefficient (Wildman–Crippen LogP) is 4.41. The number of aldehydes is 1. The minimum Gasteiger partial charge on any atom is -0.496 e. The first-order valence-electron chi connectivity index (χ1n) is 6.53. The molecular weight excluding hydrogens is 248 g/mol. The van der Waals surface area contributed by atoms with E-state index in [1.165, 1.54) is 16.2 Å². The Morgan fingerprint density at radius 1 is 0.900 bits per heavy atom. The highest BCUT2D eigenvalue weighted by Crippen LogP contribution is 2.38. The lowest BCUT2D eigenvalue weighted by Gasteiger charge is -2.14. The molecule has 0 heterocycles. The van der Waals surface area contributed by atoms with Gasteiger partial charge in [-0.05, 0) is 38.4 Å². The van der Waals surface area contributed by atoms with E-state index in [1.54, 1.807) is 7.11 Å². The molecule has 0 bridgehead atoms. The quantitative estimate of drug-likeness (QED) is 0.394. The zero-order valence-corrected chi connectivity index (χ0v) is 11.0. The predicted molar refractivity (Wildman–Crippen MR) is 82.1 cm³/mol. The Morgan fingerprint density at radius 3 is 2.30 bits per heavy atom. The van der Waals surface area contributed by atoms with Gasteiger partial charge in [0, 0.05) is 0 Å². The number of ether oxygens (including phenoxy) is 1. The molecule has 0 aliphatic carbocycles. The van der Waals surface area contributed by atoms with Crippen LogP contribution in [0.4, 0.5) is 0 Å². The Bertz CT molecular complexity index is 938. The summed E-state index contributed by atoms with van der Waals surface area (Å²) in [6, 6.07) is 16.5. The van der Waals surface area contributed by atoms with Crippen LogP contribution in [0.2, 0.25) is 0 Å². The molecule has 2 heteroatoms. The van der Waals surface area contributed by atoms with Crippen LogP contribution >= 0.6 is 0 Å². The van der Waals surface area contributed by atoms with E-state index < -0.39 is 0 Å². The number of carbonyl (C=O) groups is 1. The summed E-state index contributed by atoms with van der Waals surface area (Å²) < 4.78 is 5.35. The molecule has 0 aliphatic rings. The van der Waals surface area contributed by atoms with E-state index in [0.29, 0.717) is 11.3 Å². The first-order valence-corrected chi connectivity index (χ1v) is 6.53. The van der Waals surface area contributed by atoms with Crippen molar-refractivity contribution in [2.45, 2.75) is 0 Å². The highest BCUT2D eigenvalue weighted by atomic mass is 16.5. The largest absolute Gasteiger partial charge is 0.496 e. The second-order valence-corrected chi connectivity index (χ2v) is 4.97. The van der Waals surface area contributed by atoms with Crippen molar-refractivity contribution in [2.75, 3.05) is 7.11 Å². The maximum absolute atomic E-state index is 11.5. The van der Waals surface area contributed by atoms with Gasteiger partial charge in [0.15, 0.2) is 6.29 Å². The van der Waals surface area contributed by atoms with Crippen LogP contribution in [0.25, 0.3) is 32.3 Å². The highest BCUT2D eigenvalue weighted by molar-refractivity contribution is 6.25. The zero-order chi connectivity index (χ0) is 13.7. The molecule has 4 aromatic carbocycles. The molecule has 4 rings (SSSR count). The number of hydrogen-bond donors (Lipinski definition) is 0. The summed E-state index contributed by atoms with van der Waals surface area (Å²) in [4.78, 5) is 11.5. The SMILES string of the molecule is COc1cc2ccc3cccc4ccc(c1C=O)c2c34. The summed E-state index contributed by atoms with van der Waals surface area (Å²) in [7, 11) is 1.60. The third kappa shape index (κ3) is 1.31. The molecule has 0 unspecified atom stereocenters. The monoisotopic (exact) mass is 260 g/mol. The fraction of sp³-hybridized carbons (Fsp3) is 0.0556. The van der Waals surface area contributed by atoms with Crippen LogP contribution < -0.4 is 4.74 Å². The lowest BCUT2D eigenvalue weighted by Crippen LogP contribution is -1.94. The van der Waals surface area contributed by atoms with Crippen molar-refractivity contribution in [3.63, 3.8) is 0 Å². The van der Waals surface area contributed by atoms with Crippen LogP contribution in [0.1, 0.15) is 10.4 Å². The standard InChI is InChI=1S/C18H12O2/c1-20-16-9-13-6-5-11-3-2-4-12-7-8-14(15(16)10-19)18(13)17(11)12/h2-10H,1H3. The van der Waals surface area contributed by atoms with Gasteiger partial charge < -0.3 is 4.74 Å². The van der Waals surface area contributed by atoms with Crippen LogP contribution in [0, 0.1) is 0 Å². The van der Waals surface area contributed by atoms with Gasteiger partial charge in [-0.2, -0.15) is 0 Å². The number of benzene rings is 4. The van der Waals surface area contributed by atoms with Gasteiger partial charge in [0.1, 0.15) is 5.75 Å². The smallest absolute Gasteiger partial charge is 0.154 e. The summed E-state index contributed by atoms with van der Waals surface area (Å²) in [6.07, 6.45) is 0.880. The molecule has 0 amide bonds. The fourth-order valence-corrected chi connectivity index (χ4v) is 3.10. The van der Waals surface area contributed by atoms with Gasteiger partial charge in [0.05, 0.1) is 12.7 Å². The molecule has 0 radical (unpaired) electrons. The van der Waals surface area contributed by atoms with Crippen LogP contribution in [0.3, 0.4) is 0 Å². The molecule has 0 saturated heterocycles. The molecule has 0 fully saturated rings. The molecule has 0 saturated carbocycles. The number of hydrogen-bond acceptors (Lipinski definition) is 2. The molecule has 0 aliphatic heterocycles. The Balaban J connectivity index is 2.37. The number of carbonyl (C=O) groups excluding carboxylic acids is 1. The Labute approximate surface area is 115 Å². The van der Waals surface area contributed by atoms with Crippen LogP contribution in [-0.2, 0) is 0 Å². The van der Waals surface area contributed by atoms with Crippen molar-refractivity contribution >= 4 is 38.6 Å². The molecule has 20 heavy (non-hydrogen) atoms. The summed E-state index contributed by atoms with van der Waals surface area (Å²) in [5.41, 5.74) is 0.623.